The first kappa shape index (κ1) is 17.3. The molecule has 0 aliphatic carbocycles. The van der Waals surface area contributed by atoms with E-state index in [0.29, 0.717) is 26.5 Å². The number of nitrogens with one attached hydrogen (secondary N) is 1. The number of hydrogen-bond acceptors (Lipinski definition) is 5. The molecule has 1 heterocycles. The molecule has 25 heavy (non-hydrogen) atoms. The summed E-state index contributed by atoms with van der Waals surface area (Å²) in [5.41, 5.74) is 1.45. The summed E-state index contributed by atoms with van der Waals surface area (Å²) < 4.78 is 5.05. The predicted molar refractivity (Wildman–Crippen MR) is 100 cm³/mol. The van der Waals surface area contributed by atoms with Crippen LogP contribution in [0.2, 0.25) is 5.02 Å². The van der Waals surface area contributed by atoms with E-state index < -0.39 is 5.97 Å². The van der Waals surface area contributed by atoms with Gasteiger partial charge in [0.25, 0.3) is 5.91 Å². The van der Waals surface area contributed by atoms with Crippen LogP contribution in [0.4, 0.5) is 5.69 Å². The topological polar surface area (TPSA) is 67.8 Å². The number of carbonyl (C=O) groups is 2. The van der Waals surface area contributed by atoms with Crippen LogP contribution in [0.25, 0.3) is 6.08 Å². The van der Waals surface area contributed by atoms with Gasteiger partial charge in [0.05, 0.1) is 10.6 Å². The third-order valence-electron chi connectivity index (χ3n) is 3.13. The summed E-state index contributed by atoms with van der Waals surface area (Å²) in [6.45, 7) is 1.34. The average Bonchev–Trinajstić information content (AvgIpc) is 2.89. The number of amides is 1. The molecule has 126 valence electrons. The second-order valence-corrected chi connectivity index (χ2v) is 6.59. The molecular formula is C18H13ClN2O3S. The number of amidine groups is 1. The Morgan fingerprint density at radius 1 is 1.24 bits per heavy atom. The highest BCUT2D eigenvalue weighted by molar-refractivity contribution is 8.18. The SMILES string of the molecule is CC(=O)Oc1cccc(/C=C2\SC(=Nc3ccc(Cl)cc3)NC2=O)c1. The molecule has 1 aliphatic rings. The van der Waals surface area contributed by atoms with Gasteiger partial charge >= 0.3 is 5.97 Å². The molecule has 1 saturated heterocycles. The molecule has 0 spiro atoms. The zero-order valence-electron chi connectivity index (χ0n) is 13.2. The van der Waals surface area contributed by atoms with Crippen molar-refractivity contribution < 1.29 is 14.3 Å². The van der Waals surface area contributed by atoms with E-state index in [-0.39, 0.29) is 5.91 Å². The first-order valence-corrected chi connectivity index (χ1v) is 8.53. The molecule has 7 heteroatoms. The lowest BCUT2D eigenvalue weighted by Gasteiger charge is -2.02. The molecule has 0 atom stereocenters. The smallest absolute Gasteiger partial charge is 0.308 e. The number of rotatable bonds is 3. The van der Waals surface area contributed by atoms with Gasteiger partial charge in [0, 0.05) is 11.9 Å². The van der Waals surface area contributed by atoms with Gasteiger partial charge < -0.3 is 10.1 Å². The lowest BCUT2D eigenvalue weighted by molar-refractivity contribution is -0.131. The van der Waals surface area contributed by atoms with Crippen LogP contribution < -0.4 is 10.1 Å². The van der Waals surface area contributed by atoms with Crippen molar-refractivity contribution in [1.82, 2.24) is 5.32 Å². The molecule has 3 rings (SSSR count). The van der Waals surface area contributed by atoms with E-state index in [9.17, 15) is 9.59 Å². The van der Waals surface area contributed by atoms with Gasteiger partial charge in [0.1, 0.15) is 5.75 Å². The monoisotopic (exact) mass is 372 g/mol. The van der Waals surface area contributed by atoms with E-state index in [2.05, 4.69) is 10.3 Å². The Balaban J connectivity index is 1.79. The summed E-state index contributed by atoms with van der Waals surface area (Å²) in [6, 6.07) is 14.0. The first-order valence-electron chi connectivity index (χ1n) is 7.33. The summed E-state index contributed by atoms with van der Waals surface area (Å²) in [7, 11) is 0. The van der Waals surface area contributed by atoms with Crippen LogP contribution in [0.5, 0.6) is 5.75 Å². The van der Waals surface area contributed by atoms with Crippen LogP contribution >= 0.6 is 23.4 Å². The summed E-state index contributed by atoms with van der Waals surface area (Å²) in [5, 5.41) is 3.84. The quantitative estimate of drug-likeness (QED) is 0.499. The van der Waals surface area contributed by atoms with Crippen LogP contribution in [-0.4, -0.2) is 17.0 Å². The van der Waals surface area contributed by atoms with Crippen LogP contribution in [0.15, 0.2) is 58.4 Å². The van der Waals surface area contributed by atoms with Crippen LogP contribution in [0.1, 0.15) is 12.5 Å². The highest BCUT2D eigenvalue weighted by atomic mass is 35.5. The van der Waals surface area contributed by atoms with E-state index in [1.165, 1.54) is 18.7 Å². The summed E-state index contributed by atoms with van der Waals surface area (Å²) in [6.07, 6.45) is 1.72. The maximum absolute atomic E-state index is 12.1. The minimum atomic E-state index is -0.393. The summed E-state index contributed by atoms with van der Waals surface area (Å²) in [5.74, 6) is -0.189. The second-order valence-electron chi connectivity index (χ2n) is 5.12. The number of ether oxygens (including phenoxy) is 1. The van der Waals surface area contributed by atoms with Gasteiger partial charge in [0.2, 0.25) is 0 Å². The third-order valence-corrected chi connectivity index (χ3v) is 4.29. The highest BCUT2D eigenvalue weighted by Crippen LogP contribution is 2.29. The molecule has 2 aromatic carbocycles. The molecule has 0 unspecified atom stereocenters. The van der Waals surface area contributed by atoms with E-state index in [0.717, 1.165) is 5.56 Å². The third kappa shape index (κ3) is 4.71. The zero-order chi connectivity index (χ0) is 17.8. The number of hydrogen-bond donors (Lipinski definition) is 1. The molecule has 0 saturated carbocycles. The minimum Gasteiger partial charge on any atom is -0.427 e. The fourth-order valence-corrected chi connectivity index (χ4v) is 3.07. The molecule has 5 nitrogen and oxygen atoms in total. The lowest BCUT2D eigenvalue weighted by Crippen LogP contribution is -2.19. The molecule has 1 fully saturated rings. The van der Waals surface area contributed by atoms with E-state index in [1.54, 1.807) is 48.5 Å². The van der Waals surface area contributed by atoms with Crippen molar-refractivity contribution in [1.29, 1.82) is 0 Å². The summed E-state index contributed by atoms with van der Waals surface area (Å²) in [4.78, 5) is 28.0. The Labute approximate surface area is 153 Å². The van der Waals surface area contributed by atoms with Crippen molar-refractivity contribution in [3.05, 3.63) is 64.0 Å². The normalized spacial score (nSPS) is 17.0. The maximum Gasteiger partial charge on any atom is 0.308 e. The van der Waals surface area contributed by atoms with Gasteiger partial charge in [-0.1, -0.05) is 23.7 Å². The molecule has 0 aromatic heterocycles. The Morgan fingerprint density at radius 2 is 2.00 bits per heavy atom. The van der Waals surface area contributed by atoms with E-state index in [1.807, 2.05) is 6.07 Å². The van der Waals surface area contributed by atoms with Crippen molar-refractivity contribution in [2.45, 2.75) is 6.92 Å². The van der Waals surface area contributed by atoms with E-state index in [4.69, 9.17) is 16.3 Å². The Bertz CT molecular complexity index is 891. The van der Waals surface area contributed by atoms with Gasteiger partial charge in [-0.15, -0.1) is 0 Å². The first-order chi connectivity index (χ1) is 12.0. The van der Waals surface area contributed by atoms with Gasteiger partial charge in [-0.2, -0.15) is 0 Å². The highest BCUT2D eigenvalue weighted by Gasteiger charge is 2.23. The number of aliphatic imine (C=N–C) groups is 1. The van der Waals surface area contributed by atoms with Crippen LogP contribution in [0.3, 0.4) is 0 Å². The summed E-state index contributed by atoms with van der Waals surface area (Å²) >= 11 is 7.09. The van der Waals surface area contributed by atoms with Crippen LogP contribution in [-0.2, 0) is 9.59 Å². The van der Waals surface area contributed by atoms with Gasteiger partial charge in [-0.05, 0) is 59.8 Å². The van der Waals surface area contributed by atoms with Crippen LogP contribution in [0, 0.1) is 0 Å². The lowest BCUT2D eigenvalue weighted by atomic mass is 10.2. The molecular weight excluding hydrogens is 360 g/mol. The van der Waals surface area contributed by atoms with Gasteiger partial charge in [0.15, 0.2) is 5.17 Å². The minimum absolute atomic E-state index is 0.226. The number of halogens is 1. The number of carbonyl (C=O) groups excluding carboxylic acids is 2. The Morgan fingerprint density at radius 3 is 2.72 bits per heavy atom. The number of esters is 1. The van der Waals surface area contributed by atoms with Crippen molar-refractivity contribution in [3.8, 4) is 5.75 Å². The fourth-order valence-electron chi connectivity index (χ4n) is 2.10. The average molecular weight is 373 g/mol. The van der Waals surface area contributed by atoms with Crippen molar-refractivity contribution >= 4 is 52.2 Å². The number of benzene rings is 2. The zero-order valence-corrected chi connectivity index (χ0v) is 14.7. The van der Waals surface area contributed by atoms with Crippen molar-refractivity contribution in [3.63, 3.8) is 0 Å². The molecule has 0 bridgehead atoms. The molecule has 2 aromatic rings. The molecule has 1 amide bonds. The largest absolute Gasteiger partial charge is 0.427 e. The molecule has 1 aliphatic heterocycles. The standard InChI is InChI=1S/C18H13ClN2O3S/c1-11(22)24-15-4-2-3-12(9-15)10-16-17(23)21-18(25-16)20-14-7-5-13(19)6-8-14/h2-10H,1H3,(H,20,21,23)/b16-10-. The fraction of sp³-hybridized carbons (Fsp3) is 0.0556. The number of nitrogens with zero attached hydrogens (tertiary/aromatic N) is 1. The van der Waals surface area contributed by atoms with Gasteiger partial charge in [-0.3, -0.25) is 9.59 Å². The van der Waals surface area contributed by atoms with Crippen molar-refractivity contribution in [2.75, 3.05) is 0 Å². The number of thioether (sulfide) groups is 1. The van der Waals surface area contributed by atoms with E-state index >= 15 is 0 Å². The Hall–Kier alpha value is -2.57. The Kier molecular flexibility index (Phi) is 5.21. The van der Waals surface area contributed by atoms with Crippen molar-refractivity contribution in [2.24, 2.45) is 4.99 Å². The molecule has 0 radical (unpaired) electrons. The van der Waals surface area contributed by atoms with Gasteiger partial charge in [-0.25, -0.2) is 4.99 Å². The predicted octanol–water partition coefficient (Wildman–Crippen LogP) is 4.16. The second kappa shape index (κ2) is 7.55. The maximum atomic E-state index is 12.1. The molecule has 1 N–H and O–H groups in total.